The molecule has 0 bridgehead atoms. The molecule has 6 heteroatoms. The fraction of sp³-hybridized carbons (Fsp3) is 0.308. The summed E-state index contributed by atoms with van der Waals surface area (Å²) in [6, 6.07) is 0. The van der Waals surface area contributed by atoms with Crippen molar-refractivity contribution in [2.45, 2.75) is 20.3 Å². The van der Waals surface area contributed by atoms with Gasteiger partial charge >= 0.3 is 5.97 Å². The molecular formula is C13H13ClN2O2S. The number of ether oxygens (including phenoxy) is 1. The standard InChI is InChI=1S/C13H13ClN2O2S/c1-4-8-10(15-6-16-12(8)14)9-7(2)5-19-11(9)13(17)18-3/h5-6H,4H2,1-3H3. The summed E-state index contributed by atoms with van der Waals surface area (Å²) >= 11 is 7.45. The van der Waals surface area contributed by atoms with Gasteiger partial charge in [0, 0.05) is 11.1 Å². The molecule has 2 aromatic rings. The molecule has 0 aliphatic heterocycles. The van der Waals surface area contributed by atoms with Crippen molar-refractivity contribution in [1.82, 2.24) is 9.97 Å². The second-order valence-electron chi connectivity index (χ2n) is 3.96. The predicted molar refractivity (Wildman–Crippen MR) is 75.8 cm³/mol. The number of aryl methyl sites for hydroxylation is 1. The molecule has 0 atom stereocenters. The van der Waals surface area contributed by atoms with Crippen LogP contribution in [-0.4, -0.2) is 23.0 Å². The summed E-state index contributed by atoms with van der Waals surface area (Å²) in [6.45, 7) is 3.92. The molecule has 19 heavy (non-hydrogen) atoms. The van der Waals surface area contributed by atoms with E-state index in [1.807, 2.05) is 19.2 Å². The van der Waals surface area contributed by atoms with Crippen molar-refractivity contribution in [1.29, 1.82) is 0 Å². The molecule has 0 aliphatic carbocycles. The lowest BCUT2D eigenvalue weighted by molar-refractivity contribution is 0.0607. The third-order valence-corrected chi connectivity index (χ3v) is 4.23. The molecule has 2 heterocycles. The highest BCUT2D eigenvalue weighted by Crippen LogP contribution is 2.35. The average Bonchev–Trinajstić information content (AvgIpc) is 2.79. The number of thiophene rings is 1. The highest BCUT2D eigenvalue weighted by Gasteiger charge is 2.22. The van der Waals surface area contributed by atoms with Crippen LogP contribution in [0.2, 0.25) is 5.15 Å². The second kappa shape index (κ2) is 5.67. The van der Waals surface area contributed by atoms with Crippen LogP contribution in [0.5, 0.6) is 0 Å². The summed E-state index contributed by atoms with van der Waals surface area (Å²) < 4.78 is 4.81. The van der Waals surface area contributed by atoms with Crippen LogP contribution in [0.1, 0.15) is 27.7 Å². The van der Waals surface area contributed by atoms with Crippen LogP contribution in [0, 0.1) is 6.92 Å². The van der Waals surface area contributed by atoms with Crippen LogP contribution in [0.15, 0.2) is 11.7 Å². The van der Waals surface area contributed by atoms with Crippen LogP contribution >= 0.6 is 22.9 Å². The van der Waals surface area contributed by atoms with Gasteiger partial charge in [-0.15, -0.1) is 11.3 Å². The molecule has 0 saturated carbocycles. The maximum Gasteiger partial charge on any atom is 0.348 e. The lowest BCUT2D eigenvalue weighted by Gasteiger charge is -2.09. The molecule has 0 aromatic carbocycles. The summed E-state index contributed by atoms with van der Waals surface area (Å²) in [7, 11) is 1.37. The van der Waals surface area contributed by atoms with E-state index in [0.29, 0.717) is 22.1 Å². The highest BCUT2D eigenvalue weighted by atomic mass is 35.5. The topological polar surface area (TPSA) is 52.1 Å². The fourth-order valence-electron chi connectivity index (χ4n) is 1.90. The number of nitrogens with zero attached hydrogens (tertiary/aromatic N) is 2. The number of esters is 1. The zero-order valence-electron chi connectivity index (χ0n) is 10.9. The Balaban J connectivity index is 2.69. The molecule has 0 saturated heterocycles. The van der Waals surface area contributed by atoms with Gasteiger partial charge in [-0.2, -0.15) is 0 Å². The number of hydrogen-bond acceptors (Lipinski definition) is 5. The monoisotopic (exact) mass is 296 g/mol. The summed E-state index contributed by atoms with van der Waals surface area (Å²) in [5, 5.41) is 2.34. The van der Waals surface area contributed by atoms with Crippen LogP contribution in [0.25, 0.3) is 11.3 Å². The van der Waals surface area contributed by atoms with Gasteiger partial charge in [0.25, 0.3) is 0 Å². The van der Waals surface area contributed by atoms with Crippen molar-refractivity contribution >= 4 is 28.9 Å². The molecular weight excluding hydrogens is 284 g/mol. The van der Waals surface area contributed by atoms with E-state index in [1.165, 1.54) is 24.8 Å². The molecule has 4 nitrogen and oxygen atoms in total. The molecule has 2 aromatic heterocycles. The first-order valence-corrected chi connectivity index (χ1v) is 7.02. The Labute approximate surface area is 120 Å². The summed E-state index contributed by atoms with van der Waals surface area (Å²) in [6.07, 6.45) is 2.11. The minimum Gasteiger partial charge on any atom is -0.465 e. The Kier molecular flexibility index (Phi) is 4.17. The van der Waals surface area contributed by atoms with Crippen LogP contribution in [0.3, 0.4) is 0 Å². The zero-order chi connectivity index (χ0) is 14.0. The number of carbonyl (C=O) groups is 1. The van der Waals surface area contributed by atoms with Gasteiger partial charge < -0.3 is 4.74 Å². The van der Waals surface area contributed by atoms with E-state index >= 15 is 0 Å². The Hall–Kier alpha value is -1.46. The number of hydrogen-bond donors (Lipinski definition) is 0. The summed E-state index contributed by atoms with van der Waals surface area (Å²) in [5.74, 6) is -0.357. The number of rotatable bonds is 3. The molecule has 0 fully saturated rings. The van der Waals surface area contributed by atoms with E-state index in [1.54, 1.807) is 0 Å². The Morgan fingerprint density at radius 1 is 1.47 bits per heavy atom. The minimum atomic E-state index is -0.357. The summed E-state index contributed by atoms with van der Waals surface area (Å²) in [5.41, 5.74) is 3.32. The van der Waals surface area contributed by atoms with Crippen molar-refractivity contribution in [3.8, 4) is 11.3 Å². The highest BCUT2D eigenvalue weighted by molar-refractivity contribution is 7.12. The minimum absolute atomic E-state index is 0.357. The fourth-order valence-corrected chi connectivity index (χ4v) is 3.14. The largest absolute Gasteiger partial charge is 0.465 e. The third-order valence-electron chi connectivity index (χ3n) is 2.83. The summed E-state index contributed by atoms with van der Waals surface area (Å²) in [4.78, 5) is 20.6. The van der Waals surface area contributed by atoms with Gasteiger partial charge in [-0.25, -0.2) is 14.8 Å². The smallest absolute Gasteiger partial charge is 0.348 e. The molecule has 0 radical (unpaired) electrons. The quantitative estimate of drug-likeness (QED) is 0.642. The molecule has 0 amide bonds. The SMILES string of the molecule is CCc1c(Cl)ncnc1-c1c(C)csc1C(=O)OC. The van der Waals surface area contributed by atoms with Gasteiger partial charge in [0.05, 0.1) is 12.8 Å². The lowest BCUT2D eigenvalue weighted by atomic mass is 10.0. The predicted octanol–water partition coefficient (Wildman–Crippen LogP) is 3.52. The molecule has 0 aliphatic rings. The van der Waals surface area contributed by atoms with E-state index in [9.17, 15) is 4.79 Å². The number of methoxy groups -OCH3 is 1. The van der Waals surface area contributed by atoms with E-state index in [2.05, 4.69) is 9.97 Å². The number of halogens is 1. The second-order valence-corrected chi connectivity index (χ2v) is 5.20. The third kappa shape index (κ3) is 2.48. The van der Waals surface area contributed by atoms with Crippen molar-refractivity contribution in [2.75, 3.05) is 7.11 Å². The molecule has 100 valence electrons. The maximum atomic E-state index is 11.8. The van der Waals surface area contributed by atoms with Gasteiger partial charge in [-0.1, -0.05) is 18.5 Å². The normalized spacial score (nSPS) is 10.5. The molecule has 0 unspecified atom stereocenters. The molecule has 0 N–H and O–H groups in total. The number of aromatic nitrogens is 2. The average molecular weight is 297 g/mol. The molecule has 0 spiro atoms. The van der Waals surface area contributed by atoms with Gasteiger partial charge in [0.15, 0.2) is 0 Å². The van der Waals surface area contributed by atoms with Crippen molar-refractivity contribution in [3.05, 3.63) is 32.9 Å². The van der Waals surface area contributed by atoms with Crippen LogP contribution in [-0.2, 0) is 11.2 Å². The van der Waals surface area contributed by atoms with Crippen molar-refractivity contribution < 1.29 is 9.53 Å². The molecule has 2 rings (SSSR count). The van der Waals surface area contributed by atoms with Gasteiger partial charge in [0.1, 0.15) is 16.4 Å². The van der Waals surface area contributed by atoms with Gasteiger partial charge in [-0.05, 0) is 24.3 Å². The van der Waals surface area contributed by atoms with Gasteiger partial charge in [0.2, 0.25) is 0 Å². The Morgan fingerprint density at radius 2 is 2.21 bits per heavy atom. The van der Waals surface area contributed by atoms with Crippen molar-refractivity contribution in [3.63, 3.8) is 0 Å². The van der Waals surface area contributed by atoms with E-state index < -0.39 is 0 Å². The first-order valence-electron chi connectivity index (χ1n) is 5.76. The lowest BCUT2D eigenvalue weighted by Crippen LogP contribution is -2.03. The maximum absolute atomic E-state index is 11.8. The Bertz CT molecular complexity index is 625. The van der Waals surface area contributed by atoms with Crippen LogP contribution in [0.4, 0.5) is 0 Å². The van der Waals surface area contributed by atoms with E-state index in [-0.39, 0.29) is 5.97 Å². The zero-order valence-corrected chi connectivity index (χ0v) is 12.4. The van der Waals surface area contributed by atoms with Gasteiger partial charge in [-0.3, -0.25) is 0 Å². The van der Waals surface area contributed by atoms with Crippen molar-refractivity contribution in [2.24, 2.45) is 0 Å². The first-order chi connectivity index (χ1) is 9.10. The first kappa shape index (κ1) is 14.0. The Morgan fingerprint density at radius 3 is 2.84 bits per heavy atom. The van der Waals surface area contributed by atoms with Crippen LogP contribution < -0.4 is 0 Å². The number of carbonyl (C=O) groups excluding carboxylic acids is 1. The van der Waals surface area contributed by atoms with E-state index in [4.69, 9.17) is 16.3 Å². The van der Waals surface area contributed by atoms with E-state index in [0.717, 1.165) is 16.7 Å².